The van der Waals surface area contributed by atoms with Crippen LogP contribution in [0.2, 0.25) is 0 Å². The summed E-state index contributed by atoms with van der Waals surface area (Å²) in [5, 5.41) is 5.94. The number of rotatable bonds is 5. The van der Waals surface area contributed by atoms with Crippen molar-refractivity contribution in [2.75, 3.05) is 26.2 Å². The molecule has 1 saturated heterocycles. The minimum atomic E-state index is -0.812. The number of carbonyl (C=O) groups excluding carboxylic acids is 2. The Labute approximate surface area is 94.9 Å². The molecule has 1 aliphatic heterocycles. The van der Waals surface area contributed by atoms with Gasteiger partial charge in [-0.05, 0) is 31.8 Å². The Morgan fingerprint density at radius 2 is 2.06 bits per heavy atom. The average molecular weight is 229 g/mol. The number of piperidine rings is 1. The molecule has 2 amide bonds. The van der Waals surface area contributed by atoms with E-state index in [1.807, 2.05) is 0 Å². The monoisotopic (exact) mass is 229 g/mol. The first-order valence-corrected chi connectivity index (χ1v) is 5.58. The molecule has 0 radical (unpaired) electrons. The molecular formula is C10H19N3O3. The molecule has 1 aliphatic rings. The minimum absolute atomic E-state index is 0.0139. The molecule has 1 heterocycles. The third kappa shape index (κ3) is 5.55. The van der Waals surface area contributed by atoms with Crippen molar-refractivity contribution < 1.29 is 14.3 Å². The highest BCUT2D eigenvalue weighted by Gasteiger charge is 2.16. The molecule has 92 valence electrons. The summed E-state index contributed by atoms with van der Waals surface area (Å²) >= 11 is 0. The Hall–Kier alpha value is -1.30. The van der Waals surface area contributed by atoms with Crippen LogP contribution in [-0.4, -0.2) is 38.2 Å². The van der Waals surface area contributed by atoms with Crippen molar-refractivity contribution in [3.8, 4) is 0 Å². The zero-order chi connectivity index (χ0) is 11.8. The third-order valence-corrected chi connectivity index (χ3v) is 2.60. The van der Waals surface area contributed by atoms with E-state index in [2.05, 4.69) is 15.4 Å². The van der Waals surface area contributed by atoms with Gasteiger partial charge in [0.25, 0.3) is 0 Å². The van der Waals surface area contributed by atoms with Crippen LogP contribution in [0.25, 0.3) is 0 Å². The smallest absolute Gasteiger partial charge is 0.404 e. The average Bonchev–Trinajstić information content (AvgIpc) is 2.25. The van der Waals surface area contributed by atoms with Crippen LogP contribution in [0.1, 0.15) is 19.3 Å². The first-order valence-electron chi connectivity index (χ1n) is 5.58. The van der Waals surface area contributed by atoms with Crippen LogP contribution in [0, 0.1) is 5.92 Å². The van der Waals surface area contributed by atoms with Crippen LogP contribution in [0.3, 0.4) is 0 Å². The van der Waals surface area contributed by atoms with Crippen molar-refractivity contribution in [1.29, 1.82) is 0 Å². The Morgan fingerprint density at radius 3 is 2.69 bits per heavy atom. The number of hydrogen-bond acceptors (Lipinski definition) is 4. The molecular weight excluding hydrogens is 210 g/mol. The number of hydrogen-bond donors (Lipinski definition) is 3. The first kappa shape index (κ1) is 12.8. The van der Waals surface area contributed by atoms with E-state index in [0.717, 1.165) is 25.9 Å². The summed E-state index contributed by atoms with van der Waals surface area (Å²) in [6.07, 6.45) is 1.84. The van der Waals surface area contributed by atoms with E-state index in [1.54, 1.807) is 0 Å². The lowest BCUT2D eigenvalue weighted by atomic mass is 9.94. The van der Waals surface area contributed by atoms with Crippen LogP contribution in [0.15, 0.2) is 0 Å². The van der Waals surface area contributed by atoms with Crippen LogP contribution < -0.4 is 16.4 Å². The number of nitrogens with two attached hydrogens (primary N) is 1. The predicted molar refractivity (Wildman–Crippen MR) is 58.8 cm³/mol. The molecule has 1 rings (SSSR count). The maximum Gasteiger partial charge on any atom is 0.404 e. The van der Waals surface area contributed by atoms with Gasteiger partial charge >= 0.3 is 6.09 Å². The lowest BCUT2D eigenvalue weighted by Gasteiger charge is -2.21. The van der Waals surface area contributed by atoms with Gasteiger partial charge in [-0.2, -0.15) is 0 Å². The van der Waals surface area contributed by atoms with Gasteiger partial charge in [-0.1, -0.05) is 0 Å². The molecule has 0 bridgehead atoms. The van der Waals surface area contributed by atoms with E-state index in [-0.39, 0.29) is 12.5 Å². The summed E-state index contributed by atoms with van der Waals surface area (Å²) < 4.78 is 4.50. The van der Waals surface area contributed by atoms with Gasteiger partial charge in [-0.15, -0.1) is 0 Å². The van der Waals surface area contributed by atoms with Gasteiger partial charge in [0.05, 0.1) is 6.54 Å². The first-order chi connectivity index (χ1) is 7.68. The number of amides is 2. The quantitative estimate of drug-likeness (QED) is 0.558. The molecule has 1 fully saturated rings. The molecule has 6 nitrogen and oxygen atoms in total. The second kappa shape index (κ2) is 7.05. The highest BCUT2D eigenvalue weighted by molar-refractivity contribution is 5.76. The van der Waals surface area contributed by atoms with E-state index in [1.165, 1.54) is 0 Å². The van der Waals surface area contributed by atoms with Crippen molar-refractivity contribution >= 4 is 12.0 Å². The van der Waals surface area contributed by atoms with E-state index < -0.39 is 6.09 Å². The lowest BCUT2D eigenvalue weighted by Crippen LogP contribution is -2.33. The topological polar surface area (TPSA) is 93.5 Å². The molecule has 0 aromatic carbocycles. The summed E-state index contributed by atoms with van der Waals surface area (Å²) in [5.41, 5.74) is 4.78. The highest BCUT2D eigenvalue weighted by Crippen LogP contribution is 2.15. The number of nitrogens with one attached hydrogen (secondary N) is 2. The van der Waals surface area contributed by atoms with E-state index in [0.29, 0.717) is 18.9 Å². The van der Waals surface area contributed by atoms with Crippen LogP contribution in [0.5, 0.6) is 0 Å². The van der Waals surface area contributed by atoms with Crippen molar-refractivity contribution in [2.45, 2.75) is 19.3 Å². The number of carbonyl (C=O) groups is 2. The molecule has 0 saturated carbocycles. The van der Waals surface area contributed by atoms with E-state index >= 15 is 0 Å². The summed E-state index contributed by atoms with van der Waals surface area (Å²) in [5.74, 6) is 0.485. The summed E-state index contributed by atoms with van der Waals surface area (Å²) in [4.78, 5) is 21.7. The highest BCUT2D eigenvalue weighted by atomic mass is 16.5. The zero-order valence-electron chi connectivity index (χ0n) is 9.33. The van der Waals surface area contributed by atoms with Gasteiger partial charge in [0.1, 0.15) is 6.61 Å². The maximum atomic E-state index is 11.5. The second-order valence-corrected chi connectivity index (χ2v) is 3.91. The fourth-order valence-corrected chi connectivity index (χ4v) is 1.76. The SMILES string of the molecule is NC(=O)OCCNC(=O)CC1CCNCC1. The van der Waals surface area contributed by atoms with Crippen molar-refractivity contribution in [3.63, 3.8) is 0 Å². The van der Waals surface area contributed by atoms with Gasteiger partial charge < -0.3 is 21.1 Å². The maximum absolute atomic E-state index is 11.5. The van der Waals surface area contributed by atoms with Crippen molar-refractivity contribution in [3.05, 3.63) is 0 Å². The molecule has 0 aromatic heterocycles. The van der Waals surface area contributed by atoms with E-state index in [9.17, 15) is 9.59 Å². The third-order valence-electron chi connectivity index (χ3n) is 2.60. The number of ether oxygens (including phenoxy) is 1. The molecule has 6 heteroatoms. The Morgan fingerprint density at radius 1 is 1.38 bits per heavy atom. The largest absolute Gasteiger partial charge is 0.448 e. The van der Waals surface area contributed by atoms with Crippen molar-refractivity contribution in [2.24, 2.45) is 11.7 Å². The Bertz CT molecular complexity index is 239. The van der Waals surface area contributed by atoms with E-state index in [4.69, 9.17) is 5.73 Å². The molecule has 0 spiro atoms. The zero-order valence-corrected chi connectivity index (χ0v) is 9.33. The van der Waals surface area contributed by atoms with Gasteiger partial charge in [0, 0.05) is 6.42 Å². The minimum Gasteiger partial charge on any atom is -0.448 e. The normalized spacial score (nSPS) is 16.8. The Kier molecular flexibility index (Phi) is 5.63. The summed E-state index contributed by atoms with van der Waals surface area (Å²) in [6.45, 7) is 2.44. The van der Waals surface area contributed by atoms with Gasteiger partial charge in [0.2, 0.25) is 5.91 Å². The number of primary amides is 1. The lowest BCUT2D eigenvalue weighted by molar-refractivity contribution is -0.122. The molecule has 16 heavy (non-hydrogen) atoms. The van der Waals surface area contributed by atoms with Crippen LogP contribution in [-0.2, 0) is 9.53 Å². The molecule has 4 N–H and O–H groups in total. The summed E-state index contributed by atoms with van der Waals surface area (Å²) in [7, 11) is 0. The molecule has 0 atom stereocenters. The fraction of sp³-hybridized carbons (Fsp3) is 0.800. The van der Waals surface area contributed by atoms with Crippen LogP contribution >= 0.6 is 0 Å². The van der Waals surface area contributed by atoms with Gasteiger partial charge in [-0.25, -0.2) is 4.79 Å². The molecule has 0 unspecified atom stereocenters. The van der Waals surface area contributed by atoms with Gasteiger partial charge in [0.15, 0.2) is 0 Å². The van der Waals surface area contributed by atoms with Gasteiger partial charge in [-0.3, -0.25) is 4.79 Å². The van der Waals surface area contributed by atoms with Crippen LogP contribution in [0.4, 0.5) is 4.79 Å². The molecule has 0 aliphatic carbocycles. The second-order valence-electron chi connectivity index (χ2n) is 3.91. The Balaban J connectivity index is 2.03. The molecule has 0 aromatic rings. The summed E-state index contributed by atoms with van der Waals surface area (Å²) in [6, 6.07) is 0. The van der Waals surface area contributed by atoms with Crippen molar-refractivity contribution in [1.82, 2.24) is 10.6 Å². The fourth-order valence-electron chi connectivity index (χ4n) is 1.76. The predicted octanol–water partition coefficient (Wildman–Crippen LogP) is -0.412. The standard InChI is InChI=1S/C10H19N3O3/c11-10(15)16-6-5-13-9(14)7-8-1-3-12-4-2-8/h8,12H,1-7H2,(H2,11,15)(H,13,14).